The van der Waals surface area contributed by atoms with Crippen molar-refractivity contribution in [3.05, 3.63) is 71.9 Å². The van der Waals surface area contributed by atoms with Crippen LogP contribution in [0.15, 0.2) is 60.7 Å². The Morgan fingerprint density at radius 1 is 1.12 bits per heavy atom. The maximum absolute atomic E-state index is 12.2. The van der Waals surface area contributed by atoms with Gasteiger partial charge in [-0.15, -0.1) is 0 Å². The smallest absolute Gasteiger partial charge is 0.248 e. The molecule has 0 aliphatic carbocycles. The van der Waals surface area contributed by atoms with Gasteiger partial charge >= 0.3 is 0 Å². The number of aromatic nitrogens is 1. The third kappa shape index (κ3) is 3.60. The van der Waals surface area contributed by atoms with E-state index in [2.05, 4.69) is 10.3 Å². The number of ether oxygens (including phenoxy) is 1. The van der Waals surface area contributed by atoms with Gasteiger partial charge in [0.05, 0.1) is 18.3 Å². The lowest BCUT2D eigenvalue weighted by Crippen LogP contribution is -2.08. The molecule has 1 N–H and O–H groups in total. The van der Waals surface area contributed by atoms with Gasteiger partial charge in [-0.3, -0.25) is 9.78 Å². The van der Waals surface area contributed by atoms with E-state index in [-0.39, 0.29) is 5.91 Å². The van der Waals surface area contributed by atoms with Crippen LogP contribution in [0.4, 0.5) is 5.69 Å². The molecule has 4 nitrogen and oxygen atoms in total. The van der Waals surface area contributed by atoms with E-state index in [0.717, 1.165) is 33.6 Å². The predicted molar refractivity (Wildman–Crippen MR) is 97.1 cm³/mol. The quantitative estimate of drug-likeness (QED) is 0.733. The first kappa shape index (κ1) is 15.7. The molecule has 0 spiro atoms. The summed E-state index contributed by atoms with van der Waals surface area (Å²) < 4.78 is 5.12. The maximum atomic E-state index is 12.2. The molecule has 0 unspecified atom stereocenters. The number of para-hydroxylation sites is 1. The fraction of sp³-hybridized carbons (Fsp3) is 0.100. The molecule has 1 amide bonds. The number of hydrogen-bond donors (Lipinski definition) is 1. The number of nitrogens with one attached hydrogen (secondary N) is 1. The summed E-state index contributed by atoms with van der Waals surface area (Å²) in [6.45, 7) is 1.91. The molecule has 0 aliphatic rings. The van der Waals surface area contributed by atoms with E-state index in [1.54, 1.807) is 13.2 Å². The van der Waals surface area contributed by atoms with Crippen molar-refractivity contribution in [2.75, 3.05) is 12.4 Å². The molecule has 120 valence electrons. The van der Waals surface area contributed by atoms with Crippen molar-refractivity contribution in [2.45, 2.75) is 6.92 Å². The zero-order chi connectivity index (χ0) is 16.9. The monoisotopic (exact) mass is 318 g/mol. The molecule has 0 fully saturated rings. The molecule has 24 heavy (non-hydrogen) atoms. The van der Waals surface area contributed by atoms with Crippen molar-refractivity contribution in [3.8, 4) is 5.75 Å². The average molecular weight is 318 g/mol. The molecule has 0 saturated heterocycles. The van der Waals surface area contributed by atoms with E-state index >= 15 is 0 Å². The van der Waals surface area contributed by atoms with Gasteiger partial charge in [0.2, 0.25) is 5.91 Å². The number of rotatable bonds is 4. The highest BCUT2D eigenvalue weighted by atomic mass is 16.5. The third-order valence-corrected chi connectivity index (χ3v) is 3.65. The molecule has 0 atom stereocenters. The number of nitrogens with zero attached hydrogens (tertiary/aromatic N) is 1. The molecule has 0 aliphatic heterocycles. The molecule has 1 aromatic heterocycles. The van der Waals surface area contributed by atoms with Gasteiger partial charge in [0.25, 0.3) is 0 Å². The van der Waals surface area contributed by atoms with Gasteiger partial charge in [0.15, 0.2) is 0 Å². The van der Waals surface area contributed by atoms with E-state index in [4.69, 9.17) is 4.74 Å². The summed E-state index contributed by atoms with van der Waals surface area (Å²) in [7, 11) is 1.62. The van der Waals surface area contributed by atoms with Crippen LogP contribution in [0, 0.1) is 6.92 Å². The summed E-state index contributed by atoms with van der Waals surface area (Å²) >= 11 is 0. The summed E-state index contributed by atoms with van der Waals surface area (Å²) in [4.78, 5) is 16.7. The van der Waals surface area contributed by atoms with Gasteiger partial charge in [-0.25, -0.2) is 0 Å². The van der Waals surface area contributed by atoms with Crippen LogP contribution in [0.5, 0.6) is 5.75 Å². The SMILES string of the molecule is COc1ccc(/C=C/C(=O)Nc2cc(C)nc3ccccc23)cc1. The fourth-order valence-electron chi connectivity index (χ4n) is 2.47. The van der Waals surface area contributed by atoms with Crippen molar-refractivity contribution in [1.29, 1.82) is 0 Å². The van der Waals surface area contributed by atoms with Crippen LogP contribution in [0.3, 0.4) is 0 Å². The van der Waals surface area contributed by atoms with E-state index < -0.39 is 0 Å². The molecular weight excluding hydrogens is 300 g/mol. The van der Waals surface area contributed by atoms with Crippen molar-refractivity contribution < 1.29 is 9.53 Å². The zero-order valence-corrected chi connectivity index (χ0v) is 13.6. The van der Waals surface area contributed by atoms with E-state index in [9.17, 15) is 4.79 Å². The minimum atomic E-state index is -0.179. The standard InChI is InChI=1S/C20H18N2O2/c1-14-13-19(17-5-3-4-6-18(17)21-14)22-20(23)12-9-15-7-10-16(24-2)11-8-15/h3-13H,1-2H3,(H,21,22,23)/b12-9+. The Hall–Kier alpha value is -3.14. The van der Waals surface area contributed by atoms with Gasteiger partial charge in [-0.05, 0) is 42.8 Å². The number of methoxy groups -OCH3 is 1. The second-order valence-corrected chi connectivity index (χ2v) is 5.42. The van der Waals surface area contributed by atoms with Gasteiger partial charge < -0.3 is 10.1 Å². The Morgan fingerprint density at radius 2 is 1.88 bits per heavy atom. The first-order chi connectivity index (χ1) is 11.7. The van der Waals surface area contributed by atoms with Crippen molar-refractivity contribution in [1.82, 2.24) is 4.98 Å². The van der Waals surface area contributed by atoms with Gasteiger partial charge in [0, 0.05) is 17.2 Å². The number of amides is 1. The molecule has 1 heterocycles. The van der Waals surface area contributed by atoms with Crippen LogP contribution in [0.1, 0.15) is 11.3 Å². The summed E-state index contributed by atoms with van der Waals surface area (Å²) in [5, 5.41) is 3.85. The van der Waals surface area contributed by atoms with Gasteiger partial charge in [0.1, 0.15) is 5.75 Å². The van der Waals surface area contributed by atoms with E-state index in [0.29, 0.717) is 0 Å². The number of fused-ring (bicyclic) bond motifs is 1. The van der Waals surface area contributed by atoms with Crippen LogP contribution in [0.25, 0.3) is 17.0 Å². The topological polar surface area (TPSA) is 51.2 Å². The molecule has 3 rings (SSSR count). The third-order valence-electron chi connectivity index (χ3n) is 3.65. The number of carbonyl (C=O) groups is 1. The summed E-state index contributed by atoms with van der Waals surface area (Å²) in [6.07, 6.45) is 3.29. The highest BCUT2D eigenvalue weighted by Gasteiger charge is 2.05. The van der Waals surface area contributed by atoms with Gasteiger partial charge in [-0.2, -0.15) is 0 Å². The first-order valence-corrected chi connectivity index (χ1v) is 7.65. The van der Waals surface area contributed by atoms with Crippen LogP contribution >= 0.6 is 0 Å². The Morgan fingerprint density at radius 3 is 2.62 bits per heavy atom. The van der Waals surface area contributed by atoms with E-state index in [1.165, 1.54) is 6.08 Å². The fourth-order valence-corrected chi connectivity index (χ4v) is 2.47. The van der Waals surface area contributed by atoms with Crippen molar-refractivity contribution in [2.24, 2.45) is 0 Å². The normalized spacial score (nSPS) is 10.9. The molecule has 3 aromatic rings. The number of anilines is 1. The number of aryl methyl sites for hydroxylation is 1. The maximum Gasteiger partial charge on any atom is 0.248 e. The Bertz CT molecular complexity index is 899. The number of carbonyl (C=O) groups excluding carboxylic acids is 1. The molecule has 2 aromatic carbocycles. The number of benzene rings is 2. The molecule has 4 heteroatoms. The minimum absolute atomic E-state index is 0.179. The summed E-state index contributed by atoms with van der Waals surface area (Å²) in [6, 6.07) is 17.1. The highest BCUT2D eigenvalue weighted by Crippen LogP contribution is 2.23. The van der Waals surface area contributed by atoms with Crippen LogP contribution in [-0.4, -0.2) is 18.0 Å². The summed E-state index contributed by atoms with van der Waals surface area (Å²) in [5.41, 5.74) is 3.43. The largest absolute Gasteiger partial charge is 0.497 e. The Balaban J connectivity index is 1.78. The van der Waals surface area contributed by atoms with Crippen LogP contribution < -0.4 is 10.1 Å². The van der Waals surface area contributed by atoms with Gasteiger partial charge in [-0.1, -0.05) is 30.3 Å². The van der Waals surface area contributed by atoms with Crippen LogP contribution in [0.2, 0.25) is 0 Å². The van der Waals surface area contributed by atoms with Crippen LogP contribution in [-0.2, 0) is 4.79 Å². The lowest BCUT2D eigenvalue weighted by Gasteiger charge is -2.08. The Labute approximate surface area is 140 Å². The highest BCUT2D eigenvalue weighted by molar-refractivity contribution is 6.07. The second-order valence-electron chi connectivity index (χ2n) is 5.42. The average Bonchev–Trinajstić information content (AvgIpc) is 2.60. The lowest BCUT2D eigenvalue weighted by atomic mass is 10.1. The van der Waals surface area contributed by atoms with E-state index in [1.807, 2.05) is 61.5 Å². The molecule has 0 bridgehead atoms. The number of hydrogen-bond acceptors (Lipinski definition) is 3. The Kier molecular flexibility index (Phi) is 4.57. The van der Waals surface area contributed by atoms with Crippen molar-refractivity contribution >= 4 is 28.6 Å². The second kappa shape index (κ2) is 6.96. The molecule has 0 saturated carbocycles. The minimum Gasteiger partial charge on any atom is -0.497 e. The first-order valence-electron chi connectivity index (χ1n) is 7.65. The number of pyridine rings is 1. The molecule has 0 radical (unpaired) electrons. The zero-order valence-electron chi connectivity index (χ0n) is 13.6. The van der Waals surface area contributed by atoms with Crippen molar-refractivity contribution in [3.63, 3.8) is 0 Å². The molecular formula is C20H18N2O2. The lowest BCUT2D eigenvalue weighted by molar-refractivity contribution is -0.111. The summed E-state index contributed by atoms with van der Waals surface area (Å²) in [5.74, 6) is 0.608. The predicted octanol–water partition coefficient (Wildman–Crippen LogP) is 4.20.